The van der Waals surface area contributed by atoms with Crippen molar-refractivity contribution in [1.82, 2.24) is 15.0 Å². The lowest BCUT2D eigenvalue weighted by atomic mass is 9.95. The summed E-state index contributed by atoms with van der Waals surface area (Å²) in [6.07, 6.45) is 0. The molecule has 0 fully saturated rings. The Hall–Kier alpha value is -1.88. The SMILES string of the molecule is CCNc1nc(Cl)nc(NC(C)(C)c2ccccc2)n1. The van der Waals surface area contributed by atoms with E-state index in [1.165, 1.54) is 0 Å². The molecular formula is C14H18ClN5. The number of anilines is 2. The van der Waals surface area contributed by atoms with Gasteiger partial charge in [0, 0.05) is 6.54 Å². The standard InChI is InChI=1S/C14H18ClN5/c1-4-16-12-17-11(15)18-13(19-12)20-14(2,3)10-8-6-5-7-9-10/h5-9H,4H2,1-3H3,(H2,16,17,18,19,20). The van der Waals surface area contributed by atoms with Crippen LogP contribution in [0.3, 0.4) is 0 Å². The van der Waals surface area contributed by atoms with Gasteiger partial charge in [-0.25, -0.2) is 0 Å². The molecular weight excluding hydrogens is 274 g/mol. The van der Waals surface area contributed by atoms with Crippen LogP contribution in [0, 0.1) is 0 Å². The molecule has 2 rings (SSSR count). The minimum absolute atomic E-state index is 0.169. The second-order valence-corrected chi connectivity index (χ2v) is 5.24. The van der Waals surface area contributed by atoms with Crippen molar-refractivity contribution in [2.45, 2.75) is 26.3 Å². The summed E-state index contributed by atoms with van der Waals surface area (Å²) in [6.45, 7) is 6.82. The zero-order valence-electron chi connectivity index (χ0n) is 11.8. The molecule has 1 aromatic heterocycles. The third kappa shape index (κ3) is 3.57. The Morgan fingerprint density at radius 2 is 1.70 bits per heavy atom. The van der Waals surface area contributed by atoms with E-state index in [4.69, 9.17) is 11.6 Å². The second-order valence-electron chi connectivity index (χ2n) is 4.90. The zero-order chi connectivity index (χ0) is 14.6. The van der Waals surface area contributed by atoms with Crippen molar-refractivity contribution in [3.63, 3.8) is 0 Å². The molecule has 0 bridgehead atoms. The molecule has 0 saturated carbocycles. The molecule has 0 atom stereocenters. The van der Waals surface area contributed by atoms with Gasteiger partial charge in [-0.15, -0.1) is 0 Å². The van der Waals surface area contributed by atoms with Gasteiger partial charge in [0.1, 0.15) is 0 Å². The lowest BCUT2D eigenvalue weighted by molar-refractivity contribution is 0.601. The molecule has 0 spiro atoms. The first-order chi connectivity index (χ1) is 9.51. The highest BCUT2D eigenvalue weighted by Gasteiger charge is 2.21. The van der Waals surface area contributed by atoms with Crippen molar-refractivity contribution in [3.8, 4) is 0 Å². The van der Waals surface area contributed by atoms with Gasteiger partial charge in [0.15, 0.2) is 0 Å². The molecule has 0 amide bonds. The second kappa shape index (κ2) is 6.05. The first kappa shape index (κ1) is 14.5. The summed E-state index contributed by atoms with van der Waals surface area (Å²) in [4.78, 5) is 12.4. The maximum atomic E-state index is 5.92. The molecule has 6 heteroatoms. The summed E-state index contributed by atoms with van der Waals surface area (Å²) in [5, 5.41) is 6.48. The summed E-state index contributed by atoms with van der Waals surface area (Å²) in [7, 11) is 0. The molecule has 20 heavy (non-hydrogen) atoms. The largest absolute Gasteiger partial charge is 0.354 e. The molecule has 0 aliphatic heterocycles. The number of rotatable bonds is 5. The van der Waals surface area contributed by atoms with Gasteiger partial charge < -0.3 is 10.6 Å². The third-order valence-corrected chi connectivity index (χ3v) is 3.03. The van der Waals surface area contributed by atoms with Crippen LogP contribution >= 0.6 is 11.6 Å². The molecule has 2 N–H and O–H groups in total. The first-order valence-corrected chi connectivity index (χ1v) is 6.88. The van der Waals surface area contributed by atoms with E-state index in [0.717, 1.165) is 12.1 Å². The van der Waals surface area contributed by atoms with Gasteiger partial charge in [-0.05, 0) is 37.9 Å². The smallest absolute Gasteiger partial charge is 0.229 e. The monoisotopic (exact) mass is 291 g/mol. The average Bonchev–Trinajstić information content (AvgIpc) is 2.39. The van der Waals surface area contributed by atoms with Crippen LogP contribution in [0.5, 0.6) is 0 Å². The minimum atomic E-state index is -0.310. The van der Waals surface area contributed by atoms with Crippen molar-refractivity contribution >= 4 is 23.5 Å². The fraction of sp³-hybridized carbons (Fsp3) is 0.357. The lowest BCUT2D eigenvalue weighted by Crippen LogP contribution is -2.29. The molecule has 0 radical (unpaired) electrons. The summed E-state index contributed by atoms with van der Waals surface area (Å²) < 4.78 is 0. The van der Waals surface area contributed by atoms with Gasteiger partial charge in [-0.1, -0.05) is 30.3 Å². The Morgan fingerprint density at radius 3 is 2.35 bits per heavy atom. The number of nitrogens with zero attached hydrogens (tertiary/aromatic N) is 3. The summed E-state index contributed by atoms with van der Waals surface area (Å²) in [6, 6.07) is 10.1. The van der Waals surface area contributed by atoms with Crippen LogP contribution in [-0.4, -0.2) is 21.5 Å². The average molecular weight is 292 g/mol. The Bertz CT molecular complexity index is 571. The number of hydrogen-bond donors (Lipinski definition) is 2. The number of nitrogens with one attached hydrogen (secondary N) is 2. The highest BCUT2D eigenvalue weighted by molar-refractivity contribution is 6.28. The van der Waals surface area contributed by atoms with E-state index < -0.39 is 0 Å². The van der Waals surface area contributed by atoms with Gasteiger partial charge in [0.05, 0.1) is 5.54 Å². The van der Waals surface area contributed by atoms with Crippen LogP contribution in [0.2, 0.25) is 5.28 Å². The maximum absolute atomic E-state index is 5.92. The van der Waals surface area contributed by atoms with E-state index in [1.807, 2.05) is 25.1 Å². The summed E-state index contributed by atoms with van der Waals surface area (Å²) >= 11 is 5.92. The van der Waals surface area contributed by atoms with E-state index >= 15 is 0 Å². The lowest BCUT2D eigenvalue weighted by Gasteiger charge is -2.27. The van der Waals surface area contributed by atoms with Crippen molar-refractivity contribution in [1.29, 1.82) is 0 Å². The number of halogens is 1. The highest BCUT2D eigenvalue weighted by atomic mass is 35.5. The van der Waals surface area contributed by atoms with Crippen LogP contribution in [0.15, 0.2) is 30.3 Å². The molecule has 5 nitrogen and oxygen atoms in total. The van der Waals surface area contributed by atoms with Gasteiger partial charge >= 0.3 is 0 Å². The molecule has 0 aliphatic carbocycles. The summed E-state index contributed by atoms with van der Waals surface area (Å²) in [5.41, 5.74) is 0.830. The van der Waals surface area contributed by atoms with Crippen LogP contribution < -0.4 is 10.6 Å². The molecule has 1 heterocycles. The van der Waals surface area contributed by atoms with Crippen molar-refractivity contribution in [2.24, 2.45) is 0 Å². The molecule has 2 aromatic rings. The number of hydrogen-bond acceptors (Lipinski definition) is 5. The Morgan fingerprint density at radius 1 is 1.05 bits per heavy atom. The normalized spacial score (nSPS) is 11.2. The van der Waals surface area contributed by atoms with Crippen molar-refractivity contribution in [3.05, 3.63) is 41.2 Å². The fourth-order valence-corrected chi connectivity index (χ4v) is 2.01. The molecule has 0 aliphatic rings. The minimum Gasteiger partial charge on any atom is -0.354 e. The van der Waals surface area contributed by atoms with Crippen LogP contribution in [0.25, 0.3) is 0 Å². The third-order valence-electron chi connectivity index (χ3n) is 2.86. The van der Waals surface area contributed by atoms with Crippen LogP contribution in [-0.2, 0) is 5.54 Å². The van der Waals surface area contributed by atoms with E-state index in [9.17, 15) is 0 Å². The number of benzene rings is 1. The number of aromatic nitrogens is 3. The topological polar surface area (TPSA) is 62.7 Å². The van der Waals surface area contributed by atoms with E-state index in [0.29, 0.717) is 11.9 Å². The van der Waals surface area contributed by atoms with E-state index in [-0.39, 0.29) is 10.8 Å². The van der Waals surface area contributed by atoms with Gasteiger partial charge in [0.2, 0.25) is 17.2 Å². The van der Waals surface area contributed by atoms with Crippen LogP contribution in [0.1, 0.15) is 26.3 Å². The zero-order valence-corrected chi connectivity index (χ0v) is 12.6. The van der Waals surface area contributed by atoms with Crippen molar-refractivity contribution < 1.29 is 0 Å². The molecule has 106 valence electrons. The van der Waals surface area contributed by atoms with Crippen molar-refractivity contribution in [2.75, 3.05) is 17.2 Å². The maximum Gasteiger partial charge on any atom is 0.229 e. The quantitative estimate of drug-likeness (QED) is 0.885. The highest BCUT2D eigenvalue weighted by Crippen LogP contribution is 2.24. The van der Waals surface area contributed by atoms with Gasteiger partial charge in [-0.2, -0.15) is 15.0 Å². The van der Waals surface area contributed by atoms with Gasteiger partial charge in [-0.3, -0.25) is 0 Å². The Labute approximate surface area is 123 Å². The molecule has 1 aromatic carbocycles. The predicted molar refractivity (Wildman–Crippen MR) is 82.1 cm³/mol. The molecule has 0 saturated heterocycles. The summed E-state index contributed by atoms with van der Waals surface area (Å²) in [5.74, 6) is 0.925. The Kier molecular flexibility index (Phi) is 4.39. The van der Waals surface area contributed by atoms with Gasteiger partial charge in [0.25, 0.3) is 0 Å². The van der Waals surface area contributed by atoms with E-state index in [2.05, 4.69) is 51.6 Å². The van der Waals surface area contributed by atoms with E-state index in [1.54, 1.807) is 0 Å². The van der Waals surface area contributed by atoms with Crippen LogP contribution in [0.4, 0.5) is 11.9 Å². The Balaban J connectivity index is 2.25. The molecule has 0 unspecified atom stereocenters. The fourth-order valence-electron chi connectivity index (χ4n) is 1.85. The predicted octanol–water partition coefficient (Wildman–Crippen LogP) is 3.30. The first-order valence-electron chi connectivity index (χ1n) is 6.50.